The minimum atomic E-state index is -5.12. The molecule has 0 fully saturated rings. The van der Waals surface area contributed by atoms with Crippen molar-refractivity contribution in [2.45, 2.75) is 0 Å². The molecule has 0 aromatic rings. The Kier molecular flexibility index (Phi) is 28.0. The summed E-state index contributed by atoms with van der Waals surface area (Å²) in [6.07, 6.45) is 0. The van der Waals surface area contributed by atoms with E-state index in [4.69, 9.17) is 16.0 Å². The smallest absolute Gasteiger partial charge is 1.00 e. The largest absolute Gasteiger partial charge is 2.00 e. The molecule has 4 nitrogen and oxygen atoms in total. The average Bonchev–Trinajstić information content (AvgIpc) is 0.722. The predicted molar refractivity (Wildman–Crippen MR) is 22.2 cm³/mol. The second-order valence-corrected chi connectivity index (χ2v) is 2.67. The molecule has 0 amide bonds. The van der Waals surface area contributed by atoms with Gasteiger partial charge in [0.2, 0.25) is 0 Å². The van der Waals surface area contributed by atoms with Crippen LogP contribution in [-0.4, -0.2) is 64.5 Å². The standard InChI is InChI=1S/AsH3O4.Ca.Na.Ni.3H/c2-1(3,4)5;;;;;;/h(H3,2,3,4,5);;;;;;/q;+2;+1;;3*-1. The van der Waals surface area contributed by atoms with Crippen molar-refractivity contribution in [2.75, 3.05) is 0 Å². The van der Waals surface area contributed by atoms with E-state index in [-0.39, 0.29) is 88.1 Å². The molecule has 0 aliphatic heterocycles. The van der Waals surface area contributed by atoms with E-state index in [1.54, 1.807) is 0 Å². The molecule has 0 saturated carbocycles. The van der Waals surface area contributed by atoms with Crippen LogP contribution in [0, 0.1) is 0 Å². The minimum Gasteiger partial charge on any atom is -1.00 e. The van der Waals surface area contributed by atoms with E-state index in [2.05, 4.69) is 0 Å². The van der Waals surface area contributed by atoms with Crippen molar-refractivity contribution >= 4 is 52.3 Å². The second kappa shape index (κ2) is 9.99. The summed E-state index contributed by atoms with van der Waals surface area (Å²) >= 11 is -5.12. The Bertz CT molecular complexity index is 71.5. The first-order valence-corrected chi connectivity index (χ1v) is 4.07. The fraction of sp³-hybridized carbons (Fsp3) is 0. The van der Waals surface area contributed by atoms with Crippen LogP contribution in [0.5, 0.6) is 0 Å². The van der Waals surface area contributed by atoms with Crippen molar-refractivity contribution in [3.05, 3.63) is 0 Å². The van der Waals surface area contributed by atoms with Gasteiger partial charge in [-0.3, -0.25) is 0 Å². The maximum Gasteiger partial charge on any atom is 2.00 e. The van der Waals surface area contributed by atoms with Crippen LogP contribution in [0.2, 0.25) is 0 Å². The Morgan fingerprint density at radius 1 is 1.25 bits per heavy atom. The SMILES string of the molecule is O=[As](O)(O)O.[Ca+2].[H-].[H-].[H-].[Na+].[Ni]. The van der Waals surface area contributed by atoms with E-state index in [0.29, 0.717) is 0 Å². The summed E-state index contributed by atoms with van der Waals surface area (Å²) in [5, 5.41) is 0. The molecule has 0 bridgehead atoms. The topological polar surface area (TPSA) is 77.8 Å². The molecule has 8 heavy (non-hydrogen) atoms. The van der Waals surface area contributed by atoms with Gasteiger partial charge in [0.05, 0.1) is 0 Å². The van der Waals surface area contributed by atoms with Gasteiger partial charge in [-0.1, -0.05) is 0 Å². The van der Waals surface area contributed by atoms with Gasteiger partial charge in [0.15, 0.2) is 0 Å². The fourth-order valence-electron chi connectivity index (χ4n) is 0. The Labute approximate surface area is 116 Å². The van der Waals surface area contributed by atoms with Crippen LogP contribution in [0.25, 0.3) is 0 Å². The number of hydrogen-bond donors (Lipinski definition) is 3. The van der Waals surface area contributed by atoms with E-state index in [1.807, 2.05) is 0 Å². The third-order valence-electron chi connectivity index (χ3n) is 0. The summed E-state index contributed by atoms with van der Waals surface area (Å²) in [5.74, 6) is 0. The quantitative estimate of drug-likeness (QED) is 0.383. The molecule has 8 heteroatoms. The van der Waals surface area contributed by atoms with E-state index < -0.39 is 14.5 Å². The van der Waals surface area contributed by atoms with Crippen LogP contribution >= 0.6 is 0 Å². The summed E-state index contributed by atoms with van der Waals surface area (Å²) in [7, 11) is 0. The maximum atomic E-state index is 8.94. The van der Waals surface area contributed by atoms with Crippen LogP contribution < -0.4 is 29.6 Å². The third-order valence-corrected chi connectivity index (χ3v) is 0. The van der Waals surface area contributed by atoms with E-state index in [1.165, 1.54) is 0 Å². The van der Waals surface area contributed by atoms with Gasteiger partial charge in [0.25, 0.3) is 0 Å². The van der Waals surface area contributed by atoms with E-state index in [9.17, 15) is 0 Å². The minimum absolute atomic E-state index is 0. The van der Waals surface area contributed by atoms with Gasteiger partial charge in [0, 0.05) is 16.5 Å². The van der Waals surface area contributed by atoms with Gasteiger partial charge in [0.1, 0.15) is 0 Å². The van der Waals surface area contributed by atoms with Crippen LogP contribution in [0.15, 0.2) is 0 Å². The van der Waals surface area contributed by atoms with Gasteiger partial charge in [-0.25, -0.2) is 0 Å². The zero-order valence-corrected chi connectivity index (χ0v) is 11.3. The van der Waals surface area contributed by atoms with E-state index >= 15 is 0 Å². The summed E-state index contributed by atoms with van der Waals surface area (Å²) < 4.78 is 30.7. The zero-order chi connectivity index (χ0) is 4.50. The first kappa shape index (κ1) is 22.4. The van der Waals surface area contributed by atoms with Crippen LogP contribution in [0.3, 0.4) is 0 Å². The van der Waals surface area contributed by atoms with Gasteiger partial charge in [-0.2, -0.15) is 0 Å². The first-order chi connectivity index (χ1) is 2.00. The molecule has 48 valence electrons. The molecule has 0 radical (unpaired) electrons. The average molecular weight is 267 g/mol. The van der Waals surface area contributed by atoms with Gasteiger partial charge in [-0.15, -0.1) is 0 Å². The van der Waals surface area contributed by atoms with Crippen molar-refractivity contribution in [3.8, 4) is 0 Å². The van der Waals surface area contributed by atoms with Crippen molar-refractivity contribution < 1.29 is 66.4 Å². The molecule has 0 heterocycles. The van der Waals surface area contributed by atoms with Crippen molar-refractivity contribution in [1.82, 2.24) is 0 Å². The molecule has 0 aliphatic rings. The Hall–Kier alpha value is 2.99. The molecule has 0 aromatic heterocycles. The maximum absolute atomic E-state index is 8.94. The molecule has 0 saturated heterocycles. The van der Waals surface area contributed by atoms with Crippen LogP contribution in [0.4, 0.5) is 0 Å². The second-order valence-electron chi connectivity index (χ2n) is 0.513. The van der Waals surface area contributed by atoms with Gasteiger partial charge >= 0.3 is 97.8 Å². The van der Waals surface area contributed by atoms with Crippen molar-refractivity contribution in [1.29, 1.82) is 0 Å². The Morgan fingerprint density at radius 3 is 1.25 bits per heavy atom. The van der Waals surface area contributed by atoms with Crippen LogP contribution in [0.1, 0.15) is 4.28 Å². The molecule has 0 rings (SSSR count). The Balaban J connectivity index is -0.00000000533. The first-order valence-electron chi connectivity index (χ1n) is 0.783. The number of rotatable bonds is 0. The summed E-state index contributed by atoms with van der Waals surface area (Å²) in [6.45, 7) is 0. The zero-order valence-electron chi connectivity index (χ0n) is 7.22. The van der Waals surface area contributed by atoms with Gasteiger partial charge < -0.3 is 4.28 Å². The van der Waals surface area contributed by atoms with E-state index in [0.717, 1.165) is 0 Å². The molecule has 0 atom stereocenters. The number of hydrogen-bond acceptors (Lipinski definition) is 1. The molecular weight excluding hydrogens is 261 g/mol. The Morgan fingerprint density at radius 2 is 1.25 bits per heavy atom. The monoisotopic (exact) mass is 266 g/mol. The van der Waals surface area contributed by atoms with Gasteiger partial charge in [-0.05, 0) is 0 Å². The molecular formula is H6AsCaNaNiO4. The predicted octanol–water partition coefficient (Wildman–Crippen LogP) is -5.21. The summed E-state index contributed by atoms with van der Waals surface area (Å²) in [4.78, 5) is 0. The van der Waals surface area contributed by atoms with Crippen LogP contribution in [-0.2, 0) is 20.2 Å². The molecule has 0 spiro atoms. The van der Waals surface area contributed by atoms with Crippen molar-refractivity contribution in [2.24, 2.45) is 0 Å². The summed E-state index contributed by atoms with van der Waals surface area (Å²) in [6, 6.07) is 0. The molecule has 0 unspecified atom stereocenters. The molecule has 0 aromatic carbocycles. The summed E-state index contributed by atoms with van der Waals surface area (Å²) in [5.41, 5.74) is 0. The normalized spacial score (nSPS) is 7.38. The third kappa shape index (κ3) is 64.2. The molecule has 3 N–H and O–H groups in total. The molecule has 0 aliphatic carbocycles. The van der Waals surface area contributed by atoms with Crippen molar-refractivity contribution in [3.63, 3.8) is 0 Å². The fourth-order valence-corrected chi connectivity index (χ4v) is 0.